The summed E-state index contributed by atoms with van der Waals surface area (Å²) in [5.74, 6) is 0.562. The summed E-state index contributed by atoms with van der Waals surface area (Å²) in [5.41, 5.74) is -2.54. The lowest BCUT2D eigenvalue weighted by atomic mass is 9.93. The number of fused-ring (bicyclic) bond motifs is 1. The highest BCUT2D eigenvalue weighted by Gasteiger charge is 2.41. The molecule has 196 valence electrons. The van der Waals surface area contributed by atoms with Crippen molar-refractivity contribution < 1.29 is 42.0 Å². The standard InChI is InChI=1S/C27H31F3O6/c1-6-26(5,24(31)32)35-19-10-8-18(9-11-19)33-12-7-13-34-22-15-23-20(14-17(22)2)21(27(28,29)30)16-25(3,4)36-23/h8-11,14-16H,6-7,12-13H2,1-5H3,(H,31,32). The third-order valence-corrected chi connectivity index (χ3v) is 5.85. The van der Waals surface area contributed by atoms with E-state index >= 15 is 0 Å². The fourth-order valence-corrected chi connectivity index (χ4v) is 3.65. The lowest BCUT2D eigenvalue weighted by Gasteiger charge is -2.32. The lowest BCUT2D eigenvalue weighted by molar-refractivity contribution is -0.154. The van der Waals surface area contributed by atoms with Crippen LogP contribution in [0.3, 0.4) is 0 Å². The largest absolute Gasteiger partial charge is 0.493 e. The summed E-state index contributed by atoms with van der Waals surface area (Å²) in [5, 5.41) is 9.32. The first-order chi connectivity index (χ1) is 16.7. The number of halogens is 3. The van der Waals surface area contributed by atoms with E-state index in [9.17, 15) is 23.1 Å². The SMILES string of the molecule is CCC(C)(Oc1ccc(OCCCOc2cc3c(cc2C)C(C(F)(F)F)=CC(C)(C)O3)cc1)C(=O)O. The molecule has 9 heteroatoms. The van der Waals surface area contributed by atoms with Crippen LogP contribution in [0.1, 0.15) is 51.7 Å². The van der Waals surface area contributed by atoms with Gasteiger partial charge in [-0.2, -0.15) is 13.2 Å². The summed E-state index contributed by atoms with van der Waals surface area (Å²) >= 11 is 0. The molecule has 6 nitrogen and oxygen atoms in total. The van der Waals surface area contributed by atoms with Crippen LogP contribution in [-0.4, -0.2) is 41.7 Å². The van der Waals surface area contributed by atoms with E-state index in [1.807, 2.05) is 0 Å². The second kappa shape index (κ2) is 10.3. The van der Waals surface area contributed by atoms with E-state index in [4.69, 9.17) is 18.9 Å². The Morgan fingerprint density at radius 1 is 1.06 bits per heavy atom. The maximum Gasteiger partial charge on any atom is 0.416 e. The third-order valence-electron chi connectivity index (χ3n) is 5.85. The second-order valence-corrected chi connectivity index (χ2v) is 9.39. The number of carbonyl (C=O) groups is 1. The van der Waals surface area contributed by atoms with E-state index < -0.39 is 28.9 Å². The average Bonchev–Trinajstić information content (AvgIpc) is 2.78. The molecule has 1 aliphatic heterocycles. The highest BCUT2D eigenvalue weighted by atomic mass is 19.4. The Morgan fingerprint density at radius 2 is 1.67 bits per heavy atom. The molecule has 3 rings (SSSR count). The molecule has 0 fully saturated rings. The average molecular weight is 509 g/mol. The van der Waals surface area contributed by atoms with Gasteiger partial charge in [0.1, 0.15) is 28.6 Å². The Kier molecular flexibility index (Phi) is 7.81. The molecule has 0 aromatic heterocycles. The van der Waals surface area contributed by atoms with Crippen LogP contribution in [0.5, 0.6) is 23.0 Å². The molecule has 1 heterocycles. The normalized spacial score (nSPS) is 16.2. The van der Waals surface area contributed by atoms with Crippen molar-refractivity contribution in [2.45, 2.75) is 64.8 Å². The van der Waals surface area contributed by atoms with E-state index in [0.29, 0.717) is 48.9 Å². The molecule has 0 saturated carbocycles. The van der Waals surface area contributed by atoms with Crippen molar-refractivity contribution >= 4 is 11.5 Å². The first-order valence-electron chi connectivity index (χ1n) is 11.7. The molecule has 0 spiro atoms. The number of rotatable bonds is 10. The first kappa shape index (κ1) is 27.2. The number of ether oxygens (including phenoxy) is 4. The summed E-state index contributed by atoms with van der Waals surface area (Å²) < 4.78 is 63.6. The number of hydrogen-bond acceptors (Lipinski definition) is 5. The number of alkyl halides is 3. The maximum absolute atomic E-state index is 13.6. The van der Waals surface area contributed by atoms with Gasteiger partial charge in [0.25, 0.3) is 0 Å². The summed E-state index contributed by atoms with van der Waals surface area (Å²) in [4.78, 5) is 11.4. The molecule has 2 aromatic carbocycles. The molecular formula is C27H31F3O6. The van der Waals surface area contributed by atoms with Gasteiger partial charge in [0.15, 0.2) is 0 Å². The van der Waals surface area contributed by atoms with Crippen LogP contribution >= 0.6 is 0 Å². The van der Waals surface area contributed by atoms with Crippen LogP contribution in [0.25, 0.3) is 5.57 Å². The van der Waals surface area contributed by atoms with Crippen molar-refractivity contribution in [2.24, 2.45) is 0 Å². The van der Waals surface area contributed by atoms with Gasteiger partial charge in [-0.15, -0.1) is 0 Å². The Balaban J connectivity index is 1.54. The minimum atomic E-state index is -4.49. The van der Waals surface area contributed by atoms with E-state index in [1.54, 1.807) is 52.0 Å². The number of carboxylic acid groups (broad SMARTS) is 1. The molecule has 1 atom stereocenters. The van der Waals surface area contributed by atoms with Crippen molar-refractivity contribution in [3.63, 3.8) is 0 Å². The van der Waals surface area contributed by atoms with Crippen molar-refractivity contribution in [3.05, 3.63) is 53.6 Å². The van der Waals surface area contributed by atoms with Gasteiger partial charge in [-0.25, -0.2) is 4.79 Å². The predicted molar refractivity (Wildman–Crippen MR) is 129 cm³/mol. The van der Waals surface area contributed by atoms with Gasteiger partial charge in [0, 0.05) is 18.1 Å². The quantitative estimate of drug-likeness (QED) is 0.365. The maximum atomic E-state index is 13.6. The smallest absolute Gasteiger partial charge is 0.416 e. The van der Waals surface area contributed by atoms with Crippen LogP contribution in [-0.2, 0) is 4.79 Å². The Bertz CT molecular complexity index is 1120. The summed E-state index contributed by atoms with van der Waals surface area (Å²) in [6.07, 6.45) is -2.55. The topological polar surface area (TPSA) is 74.2 Å². The van der Waals surface area contributed by atoms with Crippen LogP contribution in [0.15, 0.2) is 42.5 Å². The van der Waals surface area contributed by atoms with Crippen molar-refractivity contribution in [3.8, 4) is 23.0 Å². The Morgan fingerprint density at radius 3 is 2.25 bits per heavy atom. The minimum Gasteiger partial charge on any atom is -0.493 e. The molecule has 0 radical (unpaired) electrons. The molecule has 1 unspecified atom stereocenters. The number of aryl methyl sites for hydroxylation is 1. The number of allylic oxidation sites excluding steroid dienone is 1. The zero-order valence-electron chi connectivity index (χ0n) is 21.0. The Hall–Kier alpha value is -3.36. The molecule has 36 heavy (non-hydrogen) atoms. The summed E-state index contributed by atoms with van der Waals surface area (Å²) in [6, 6.07) is 9.60. The van der Waals surface area contributed by atoms with Crippen molar-refractivity contribution in [1.29, 1.82) is 0 Å². The van der Waals surface area contributed by atoms with Crippen LogP contribution in [0.2, 0.25) is 0 Å². The molecule has 2 aromatic rings. The van der Waals surface area contributed by atoms with Gasteiger partial charge >= 0.3 is 12.1 Å². The molecule has 1 N–H and O–H groups in total. The van der Waals surface area contributed by atoms with Crippen LogP contribution in [0.4, 0.5) is 13.2 Å². The third kappa shape index (κ3) is 6.44. The predicted octanol–water partition coefficient (Wildman–Crippen LogP) is 6.59. The second-order valence-electron chi connectivity index (χ2n) is 9.39. The summed E-state index contributed by atoms with van der Waals surface area (Å²) in [6.45, 7) is 8.74. The van der Waals surface area contributed by atoms with E-state index in [0.717, 1.165) is 6.08 Å². The number of aliphatic carboxylic acids is 1. The number of carboxylic acids is 1. The Labute approximate surface area is 208 Å². The molecule has 0 bridgehead atoms. The molecule has 0 aliphatic carbocycles. The van der Waals surface area contributed by atoms with Gasteiger partial charge in [-0.1, -0.05) is 6.92 Å². The van der Waals surface area contributed by atoms with Crippen LogP contribution < -0.4 is 18.9 Å². The minimum absolute atomic E-state index is 0.00467. The zero-order chi connectivity index (χ0) is 26.7. The van der Waals surface area contributed by atoms with Gasteiger partial charge in [0.05, 0.1) is 18.8 Å². The molecule has 0 saturated heterocycles. The highest BCUT2D eigenvalue weighted by molar-refractivity contribution is 5.78. The molecule has 0 amide bonds. The van der Waals surface area contributed by atoms with E-state index in [1.165, 1.54) is 19.1 Å². The van der Waals surface area contributed by atoms with Gasteiger partial charge in [-0.05, 0) is 76.1 Å². The van der Waals surface area contributed by atoms with Gasteiger partial charge < -0.3 is 24.1 Å². The highest BCUT2D eigenvalue weighted by Crippen LogP contribution is 2.46. The van der Waals surface area contributed by atoms with Crippen molar-refractivity contribution in [2.75, 3.05) is 13.2 Å². The fourth-order valence-electron chi connectivity index (χ4n) is 3.65. The lowest BCUT2D eigenvalue weighted by Crippen LogP contribution is -2.40. The fraction of sp³-hybridized carbons (Fsp3) is 0.444. The van der Waals surface area contributed by atoms with Crippen molar-refractivity contribution in [1.82, 2.24) is 0 Å². The first-order valence-corrected chi connectivity index (χ1v) is 11.7. The number of benzene rings is 2. The van der Waals surface area contributed by atoms with Gasteiger partial charge in [0.2, 0.25) is 5.60 Å². The van der Waals surface area contributed by atoms with Crippen LogP contribution in [0, 0.1) is 6.92 Å². The zero-order valence-corrected chi connectivity index (χ0v) is 21.0. The van der Waals surface area contributed by atoms with E-state index in [-0.39, 0.29) is 11.3 Å². The molecular weight excluding hydrogens is 477 g/mol. The number of hydrogen-bond donors (Lipinski definition) is 1. The van der Waals surface area contributed by atoms with Gasteiger partial charge in [-0.3, -0.25) is 0 Å². The van der Waals surface area contributed by atoms with E-state index in [2.05, 4.69) is 0 Å². The monoisotopic (exact) mass is 508 g/mol. The summed E-state index contributed by atoms with van der Waals surface area (Å²) in [7, 11) is 0. The molecule has 1 aliphatic rings.